The summed E-state index contributed by atoms with van der Waals surface area (Å²) in [5.74, 6) is 0. The minimum atomic E-state index is -0.154. The largest absolute Gasteiger partial charge is 0.264 e. The molecule has 2 heteroatoms. The summed E-state index contributed by atoms with van der Waals surface area (Å²) >= 11 is 0. The van der Waals surface area contributed by atoms with E-state index in [0.717, 1.165) is 5.56 Å². The molecule has 1 aromatic rings. The predicted octanol–water partition coefficient (Wildman–Crippen LogP) is 1.43. The molecule has 1 heterocycles. The van der Waals surface area contributed by atoms with Crippen molar-refractivity contribution in [2.75, 3.05) is 0 Å². The van der Waals surface area contributed by atoms with Gasteiger partial charge in [0.05, 0.1) is 0 Å². The first-order valence-corrected chi connectivity index (χ1v) is 2.92. The van der Waals surface area contributed by atoms with E-state index in [1.54, 1.807) is 12.4 Å². The van der Waals surface area contributed by atoms with Gasteiger partial charge in [-0.2, -0.15) is 0 Å². The van der Waals surface area contributed by atoms with Gasteiger partial charge in [-0.15, -0.1) is 0 Å². The van der Waals surface area contributed by atoms with Gasteiger partial charge in [-0.1, -0.05) is 6.07 Å². The lowest BCUT2D eigenvalue weighted by Gasteiger charge is -2.00. The molecule has 0 aliphatic rings. The van der Waals surface area contributed by atoms with E-state index in [1.165, 1.54) is 0 Å². The Morgan fingerprint density at radius 1 is 1.67 bits per heavy atom. The third-order valence-corrected chi connectivity index (χ3v) is 1.18. The Morgan fingerprint density at radius 2 is 2.44 bits per heavy atom. The van der Waals surface area contributed by atoms with E-state index in [4.69, 9.17) is 5.73 Å². The minimum absolute atomic E-state index is 0.154. The number of rotatable bonds is 1. The number of hydrogen-bond acceptors (Lipinski definition) is 1. The number of aromatic nitrogens is 1. The Bertz CT molecular complexity index is 170. The van der Waals surface area contributed by atoms with Crippen molar-refractivity contribution in [1.82, 2.24) is 10.7 Å². The second-order valence-electron chi connectivity index (χ2n) is 2.01. The Kier molecular flexibility index (Phi) is 1.80. The Balaban J connectivity index is 2.85. The molecule has 0 aliphatic heterocycles. The highest BCUT2D eigenvalue weighted by molar-refractivity contribution is 5.11. The number of hydrogen-bond donors (Lipinski definition) is 0. The Morgan fingerprint density at radius 3 is 2.78 bits per heavy atom. The van der Waals surface area contributed by atoms with Gasteiger partial charge in [0.1, 0.15) is 0 Å². The molecule has 9 heavy (non-hydrogen) atoms. The van der Waals surface area contributed by atoms with Crippen molar-refractivity contribution in [3.63, 3.8) is 0 Å². The van der Waals surface area contributed by atoms with Crippen molar-refractivity contribution in [2.24, 2.45) is 0 Å². The van der Waals surface area contributed by atoms with Crippen LogP contribution in [0.2, 0.25) is 0 Å². The molecular formula is C7H9N2. The van der Waals surface area contributed by atoms with Crippen LogP contribution in [-0.2, 0) is 0 Å². The lowest BCUT2D eigenvalue weighted by atomic mass is 10.2. The molecule has 47 valence electrons. The standard InChI is InChI=1S/C7H9N2/c1-6(8)7-3-2-4-9-5-7/h2-6,8H,1H3/t6-/m0/s1. The highest BCUT2D eigenvalue weighted by Crippen LogP contribution is 2.06. The second-order valence-corrected chi connectivity index (χ2v) is 2.01. The SMILES string of the molecule is C[C@H]([NH])c1cccnc1. The third-order valence-electron chi connectivity index (χ3n) is 1.18. The average Bonchev–Trinajstić information content (AvgIpc) is 1.90. The molecule has 0 unspecified atom stereocenters. The molecule has 1 N–H and O–H groups in total. The van der Waals surface area contributed by atoms with E-state index in [9.17, 15) is 0 Å². The quantitative estimate of drug-likeness (QED) is 0.553. The van der Waals surface area contributed by atoms with Crippen LogP contribution < -0.4 is 5.73 Å². The maximum absolute atomic E-state index is 7.28. The van der Waals surface area contributed by atoms with Crippen LogP contribution >= 0.6 is 0 Å². The molecule has 1 atom stereocenters. The zero-order valence-electron chi connectivity index (χ0n) is 5.33. The average molecular weight is 121 g/mol. The van der Waals surface area contributed by atoms with E-state index >= 15 is 0 Å². The van der Waals surface area contributed by atoms with Gasteiger partial charge in [-0.3, -0.25) is 4.98 Å². The molecule has 0 fully saturated rings. The molecule has 0 aliphatic carbocycles. The Hall–Kier alpha value is -0.890. The molecule has 0 spiro atoms. The fraction of sp³-hybridized carbons (Fsp3) is 0.286. The van der Waals surface area contributed by atoms with Crippen LogP contribution in [0, 0.1) is 0 Å². The zero-order chi connectivity index (χ0) is 6.69. The summed E-state index contributed by atoms with van der Waals surface area (Å²) in [5, 5.41) is 0. The van der Waals surface area contributed by atoms with Crippen molar-refractivity contribution < 1.29 is 0 Å². The van der Waals surface area contributed by atoms with Crippen LogP contribution in [0.5, 0.6) is 0 Å². The van der Waals surface area contributed by atoms with Gasteiger partial charge in [0.15, 0.2) is 0 Å². The summed E-state index contributed by atoms with van der Waals surface area (Å²) < 4.78 is 0. The summed E-state index contributed by atoms with van der Waals surface area (Å²) in [5.41, 5.74) is 8.25. The Labute approximate surface area is 54.7 Å². The first-order chi connectivity index (χ1) is 4.30. The predicted molar refractivity (Wildman–Crippen MR) is 35.7 cm³/mol. The van der Waals surface area contributed by atoms with Crippen molar-refractivity contribution in [3.05, 3.63) is 30.1 Å². The maximum Gasteiger partial charge on any atom is 0.0449 e. The van der Waals surface area contributed by atoms with E-state index in [2.05, 4.69) is 4.98 Å². The highest BCUT2D eigenvalue weighted by Gasteiger charge is 1.95. The number of nitrogens with one attached hydrogen (secondary N) is 1. The van der Waals surface area contributed by atoms with Gasteiger partial charge in [-0.25, -0.2) is 5.73 Å². The number of pyridine rings is 1. The van der Waals surface area contributed by atoms with Crippen LogP contribution in [0.4, 0.5) is 0 Å². The molecule has 0 bridgehead atoms. The molecule has 0 saturated heterocycles. The van der Waals surface area contributed by atoms with Crippen molar-refractivity contribution in [1.29, 1.82) is 0 Å². The molecule has 0 aromatic carbocycles. The van der Waals surface area contributed by atoms with Gasteiger partial charge in [0, 0.05) is 18.4 Å². The van der Waals surface area contributed by atoms with E-state index < -0.39 is 0 Å². The summed E-state index contributed by atoms with van der Waals surface area (Å²) in [7, 11) is 0. The topological polar surface area (TPSA) is 36.7 Å². The molecule has 1 radical (unpaired) electrons. The van der Waals surface area contributed by atoms with E-state index in [-0.39, 0.29) is 6.04 Å². The third kappa shape index (κ3) is 1.50. The lowest BCUT2D eigenvalue weighted by molar-refractivity contribution is 0.782. The van der Waals surface area contributed by atoms with Crippen molar-refractivity contribution in [3.8, 4) is 0 Å². The molecule has 0 saturated carbocycles. The van der Waals surface area contributed by atoms with Gasteiger partial charge < -0.3 is 0 Å². The van der Waals surface area contributed by atoms with Crippen molar-refractivity contribution >= 4 is 0 Å². The molecule has 1 aromatic heterocycles. The van der Waals surface area contributed by atoms with Crippen LogP contribution in [0.15, 0.2) is 24.5 Å². The van der Waals surface area contributed by atoms with Crippen molar-refractivity contribution in [2.45, 2.75) is 13.0 Å². The molecule has 0 amide bonds. The molecular weight excluding hydrogens is 112 g/mol. The van der Waals surface area contributed by atoms with E-state index in [1.807, 2.05) is 19.1 Å². The van der Waals surface area contributed by atoms with Crippen LogP contribution in [0.25, 0.3) is 0 Å². The maximum atomic E-state index is 7.28. The summed E-state index contributed by atoms with van der Waals surface area (Å²) in [6.07, 6.45) is 3.43. The smallest absolute Gasteiger partial charge is 0.0449 e. The summed E-state index contributed by atoms with van der Waals surface area (Å²) in [6, 6.07) is 3.60. The summed E-state index contributed by atoms with van der Waals surface area (Å²) in [4.78, 5) is 3.89. The van der Waals surface area contributed by atoms with Gasteiger partial charge in [-0.05, 0) is 18.6 Å². The first kappa shape index (κ1) is 6.23. The van der Waals surface area contributed by atoms with Crippen LogP contribution in [0.3, 0.4) is 0 Å². The second kappa shape index (κ2) is 2.60. The summed E-state index contributed by atoms with van der Waals surface area (Å²) in [6.45, 7) is 1.83. The van der Waals surface area contributed by atoms with Crippen LogP contribution in [0.1, 0.15) is 18.5 Å². The van der Waals surface area contributed by atoms with E-state index in [0.29, 0.717) is 0 Å². The number of nitrogens with zero attached hydrogens (tertiary/aromatic N) is 1. The lowest BCUT2D eigenvalue weighted by Crippen LogP contribution is -1.92. The van der Waals surface area contributed by atoms with Gasteiger partial charge >= 0.3 is 0 Å². The monoisotopic (exact) mass is 121 g/mol. The fourth-order valence-corrected chi connectivity index (χ4v) is 0.632. The fourth-order valence-electron chi connectivity index (χ4n) is 0.632. The minimum Gasteiger partial charge on any atom is -0.264 e. The zero-order valence-corrected chi connectivity index (χ0v) is 5.33. The van der Waals surface area contributed by atoms with Crippen LogP contribution in [-0.4, -0.2) is 4.98 Å². The first-order valence-electron chi connectivity index (χ1n) is 2.92. The molecule has 1 rings (SSSR count). The highest BCUT2D eigenvalue weighted by atomic mass is 14.7. The van der Waals surface area contributed by atoms with Gasteiger partial charge in [0.25, 0.3) is 0 Å². The normalized spacial score (nSPS) is 13.1. The van der Waals surface area contributed by atoms with Gasteiger partial charge in [0.2, 0.25) is 0 Å². The molecule has 2 nitrogen and oxygen atoms in total.